The Morgan fingerprint density at radius 3 is 2.66 bits per heavy atom. The lowest BCUT2D eigenvalue weighted by Crippen LogP contribution is -2.57. The third kappa shape index (κ3) is 5.14. The smallest absolute Gasteiger partial charge is 0.236 e. The molecule has 1 aromatic carbocycles. The molecule has 0 radical (unpaired) electrons. The normalized spacial score (nSPS) is 29.7. The van der Waals surface area contributed by atoms with Crippen molar-refractivity contribution in [2.24, 2.45) is 16.7 Å². The molecular weight excluding hydrogens is 482 g/mol. The van der Waals surface area contributed by atoms with Crippen LogP contribution in [0.5, 0.6) is 0 Å². The van der Waals surface area contributed by atoms with Crippen molar-refractivity contribution in [3.8, 4) is 0 Å². The summed E-state index contributed by atoms with van der Waals surface area (Å²) in [6.45, 7) is 4.48. The number of hydrogen-bond acceptors (Lipinski definition) is 7. The van der Waals surface area contributed by atoms with E-state index in [0.29, 0.717) is 30.3 Å². The Morgan fingerprint density at radius 1 is 1.23 bits per heavy atom. The first-order chi connectivity index (χ1) is 16.7. The van der Waals surface area contributed by atoms with Gasteiger partial charge in [0.1, 0.15) is 0 Å². The lowest BCUT2D eigenvalue weighted by molar-refractivity contribution is -0.144. The molecule has 2 aliphatic carbocycles. The number of carbonyl (C=O) groups excluding carboxylic acids is 2. The lowest BCUT2D eigenvalue weighted by Gasteiger charge is -2.58. The Hall–Kier alpha value is -1.94. The largest absolute Gasteiger partial charge is 0.396 e. The number of thiazole rings is 1. The summed E-state index contributed by atoms with van der Waals surface area (Å²) in [5, 5.41) is 27.8. The molecule has 1 saturated carbocycles. The van der Waals surface area contributed by atoms with Crippen molar-refractivity contribution in [3.05, 3.63) is 46.5 Å². The van der Waals surface area contributed by atoms with Crippen molar-refractivity contribution < 1.29 is 19.8 Å². The summed E-state index contributed by atoms with van der Waals surface area (Å²) in [7, 11) is 0. The first-order valence-electron chi connectivity index (χ1n) is 12.1. The van der Waals surface area contributed by atoms with E-state index in [-0.39, 0.29) is 42.1 Å². The summed E-state index contributed by atoms with van der Waals surface area (Å²) < 4.78 is 0. The molecule has 5 atom stereocenters. The summed E-state index contributed by atoms with van der Waals surface area (Å²) in [6, 6.07) is 9.81. The number of benzene rings is 1. The highest BCUT2D eigenvalue weighted by molar-refractivity contribution is 7.99. The summed E-state index contributed by atoms with van der Waals surface area (Å²) in [5.41, 5.74) is 0.924. The minimum Gasteiger partial charge on any atom is -0.396 e. The van der Waals surface area contributed by atoms with Crippen LogP contribution in [0.3, 0.4) is 0 Å². The second kappa shape index (κ2) is 10.6. The van der Waals surface area contributed by atoms with Gasteiger partial charge in [0.2, 0.25) is 11.8 Å². The molecule has 0 bridgehead atoms. The van der Waals surface area contributed by atoms with Crippen molar-refractivity contribution in [3.63, 3.8) is 0 Å². The first-order valence-corrected chi connectivity index (χ1v) is 14.3. The predicted molar refractivity (Wildman–Crippen MR) is 141 cm³/mol. The minimum absolute atomic E-state index is 0.0154. The van der Waals surface area contributed by atoms with Gasteiger partial charge in [0.15, 0.2) is 5.13 Å². The number of nitrogens with one attached hydrogen (secondary N) is 2. The van der Waals surface area contributed by atoms with Gasteiger partial charge in [-0.2, -0.15) is 11.8 Å². The summed E-state index contributed by atoms with van der Waals surface area (Å²) in [4.78, 5) is 31.2. The van der Waals surface area contributed by atoms with Gasteiger partial charge in [-0.1, -0.05) is 44.2 Å². The van der Waals surface area contributed by atoms with Crippen molar-refractivity contribution in [1.82, 2.24) is 10.3 Å². The van der Waals surface area contributed by atoms with E-state index in [1.807, 2.05) is 43.5 Å². The van der Waals surface area contributed by atoms with E-state index >= 15 is 0 Å². The molecule has 9 heteroatoms. The number of carbonyl (C=O) groups is 2. The number of aromatic nitrogens is 1. The number of fused-ring (bicyclic) bond motifs is 2. The molecule has 0 unspecified atom stereocenters. The van der Waals surface area contributed by atoms with Crippen LogP contribution in [0.25, 0.3) is 0 Å². The summed E-state index contributed by atoms with van der Waals surface area (Å²) in [5.74, 6) is 0.0145. The van der Waals surface area contributed by atoms with Crippen LogP contribution in [0.15, 0.2) is 30.3 Å². The predicted octanol–water partition coefficient (Wildman–Crippen LogP) is 3.57. The summed E-state index contributed by atoms with van der Waals surface area (Å²) in [6.07, 6.45) is 3.53. The van der Waals surface area contributed by atoms with Crippen LogP contribution in [0.1, 0.15) is 55.2 Å². The van der Waals surface area contributed by atoms with Crippen LogP contribution >= 0.6 is 23.1 Å². The molecule has 2 amide bonds. The molecule has 2 aromatic rings. The Labute approximate surface area is 215 Å². The number of hydrogen-bond donors (Lipinski definition) is 4. The molecule has 4 rings (SSSR count). The van der Waals surface area contributed by atoms with Crippen molar-refractivity contribution >= 4 is 40.0 Å². The van der Waals surface area contributed by atoms with Gasteiger partial charge in [-0.3, -0.25) is 9.59 Å². The molecule has 1 heterocycles. The van der Waals surface area contributed by atoms with E-state index in [1.54, 1.807) is 0 Å². The molecule has 2 aliphatic rings. The number of rotatable bonds is 8. The van der Waals surface area contributed by atoms with E-state index in [4.69, 9.17) is 4.98 Å². The molecule has 35 heavy (non-hydrogen) atoms. The Morgan fingerprint density at radius 2 is 1.97 bits per heavy atom. The van der Waals surface area contributed by atoms with Crippen LogP contribution in [0.4, 0.5) is 5.13 Å². The fourth-order valence-electron chi connectivity index (χ4n) is 6.04. The van der Waals surface area contributed by atoms with Crippen LogP contribution in [0, 0.1) is 16.7 Å². The first kappa shape index (κ1) is 26.1. The summed E-state index contributed by atoms with van der Waals surface area (Å²) >= 11 is 2.90. The lowest BCUT2D eigenvalue weighted by atomic mass is 9.47. The highest BCUT2D eigenvalue weighted by atomic mass is 32.2. The van der Waals surface area contributed by atoms with E-state index in [2.05, 4.69) is 17.6 Å². The van der Waals surface area contributed by atoms with Crippen molar-refractivity contribution in [2.75, 3.05) is 23.9 Å². The topological polar surface area (TPSA) is 112 Å². The second-order valence-electron chi connectivity index (χ2n) is 10.3. The third-order valence-electron chi connectivity index (χ3n) is 8.14. The van der Waals surface area contributed by atoms with E-state index in [9.17, 15) is 19.8 Å². The SMILES string of the molecule is CSCC(=O)Nc1nc2c(s1)C[C@@H]1[C@](C)(CO)[C@H](O)CC[C@@]1(C)[C@@H]2CC(=O)NCc1ccccc1. The fourth-order valence-corrected chi connectivity index (χ4v) is 7.46. The van der Waals surface area contributed by atoms with Gasteiger partial charge in [-0.25, -0.2) is 4.98 Å². The quantitative estimate of drug-likeness (QED) is 0.426. The van der Waals surface area contributed by atoms with Gasteiger partial charge < -0.3 is 20.8 Å². The standard InChI is InChI=1S/C26H35N3O4S2/c1-25-10-9-20(31)26(2,15-30)19(25)12-18-23(29-24(35-18)28-22(33)14-34-3)17(25)11-21(32)27-13-16-7-5-4-6-8-16/h4-8,17,19-20,30-31H,9-15H2,1-3H3,(H,27,32)(H,28,29,33)/t17-,19+,20-,25+,26+/m1/s1. The number of amides is 2. The maximum Gasteiger partial charge on any atom is 0.236 e. The Bertz CT molecular complexity index is 1060. The molecule has 7 nitrogen and oxygen atoms in total. The van der Waals surface area contributed by atoms with Gasteiger partial charge in [0.05, 0.1) is 24.2 Å². The van der Waals surface area contributed by atoms with Gasteiger partial charge in [-0.05, 0) is 42.4 Å². The Kier molecular flexibility index (Phi) is 7.90. The average molecular weight is 518 g/mol. The van der Waals surface area contributed by atoms with Crippen LogP contribution in [-0.4, -0.2) is 51.7 Å². The minimum atomic E-state index is -0.671. The molecule has 1 fully saturated rings. The monoisotopic (exact) mass is 517 g/mol. The third-order valence-corrected chi connectivity index (χ3v) is 9.70. The Balaban J connectivity index is 1.64. The van der Waals surface area contributed by atoms with Gasteiger partial charge in [0, 0.05) is 29.2 Å². The van der Waals surface area contributed by atoms with Crippen molar-refractivity contribution in [2.45, 2.75) is 58.1 Å². The highest BCUT2D eigenvalue weighted by Crippen LogP contribution is 2.62. The highest BCUT2D eigenvalue weighted by Gasteiger charge is 2.59. The average Bonchev–Trinajstić information content (AvgIpc) is 3.24. The number of thioether (sulfide) groups is 1. The van der Waals surface area contributed by atoms with Crippen LogP contribution < -0.4 is 10.6 Å². The molecular formula is C26H35N3O4S2. The maximum atomic E-state index is 13.2. The zero-order valence-corrected chi connectivity index (χ0v) is 22.2. The fraction of sp³-hybridized carbons (Fsp3) is 0.577. The molecule has 0 aliphatic heterocycles. The van der Waals surface area contributed by atoms with Crippen LogP contribution in [0.2, 0.25) is 0 Å². The van der Waals surface area contributed by atoms with Crippen LogP contribution in [-0.2, 0) is 22.6 Å². The zero-order chi connectivity index (χ0) is 25.2. The molecule has 1 aromatic heterocycles. The van der Waals surface area contributed by atoms with Gasteiger partial charge in [-0.15, -0.1) is 11.3 Å². The zero-order valence-electron chi connectivity index (χ0n) is 20.5. The van der Waals surface area contributed by atoms with E-state index < -0.39 is 11.5 Å². The molecule has 0 spiro atoms. The molecule has 0 saturated heterocycles. The van der Waals surface area contributed by atoms with Gasteiger partial charge in [0.25, 0.3) is 0 Å². The number of aliphatic hydroxyl groups excluding tert-OH is 2. The maximum absolute atomic E-state index is 13.2. The van der Waals surface area contributed by atoms with Gasteiger partial charge >= 0.3 is 0 Å². The van der Waals surface area contributed by atoms with E-state index in [1.165, 1.54) is 23.1 Å². The number of aliphatic hydroxyl groups is 2. The number of nitrogens with zero attached hydrogens (tertiary/aromatic N) is 1. The molecule has 190 valence electrons. The number of anilines is 1. The molecule has 4 N–H and O–H groups in total. The second-order valence-corrected chi connectivity index (χ2v) is 12.3. The van der Waals surface area contributed by atoms with Crippen molar-refractivity contribution in [1.29, 1.82) is 0 Å². The van der Waals surface area contributed by atoms with E-state index in [0.717, 1.165) is 22.6 Å².